The van der Waals surface area contributed by atoms with E-state index in [-0.39, 0.29) is 0 Å². The quantitative estimate of drug-likeness (QED) is 0.0686. The molecule has 0 radical (unpaired) electrons. The Morgan fingerprint density at radius 1 is 0.210 bits per heavy atom. The van der Waals surface area contributed by atoms with Crippen LogP contribution in [0.25, 0.3) is 88.7 Å². The number of allylic oxidation sites excluding steroid dienone is 8. The molecule has 424 valence electrons. The highest BCUT2D eigenvalue weighted by Crippen LogP contribution is 2.47. The van der Waals surface area contributed by atoms with E-state index in [0.717, 1.165) is 170 Å². The van der Waals surface area contributed by atoms with Gasteiger partial charge < -0.3 is 19.9 Å². The first kappa shape index (κ1) is 57.4. The lowest BCUT2D eigenvalue weighted by Gasteiger charge is -2.16. The first-order chi connectivity index (χ1) is 39.4. The van der Waals surface area contributed by atoms with Crippen LogP contribution in [-0.2, 0) is 57.8 Å². The molecule has 8 heteroatoms. The van der Waals surface area contributed by atoms with E-state index in [1.165, 1.54) is 122 Å². The van der Waals surface area contributed by atoms with Crippen LogP contribution in [0.1, 0.15) is 263 Å². The van der Waals surface area contributed by atoms with Crippen LogP contribution in [0.4, 0.5) is 0 Å². The highest BCUT2D eigenvalue weighted by molar-refractivity contribution is 6.01. The summed E-state index contributed by atoms with van der Waals surface area (Å²) in [5.74, 6) is 0. The van der Waals surface area contributed by atoms with Gasteiger partial charge >= 0.3 is 0 Å². The van der Waals surface area contributed by atoms with Crippen LogP contribution in [0.2, 0.25) is 0 Å². The minimum atomic E-state index is 0.571. The fraction of sp³-hybridized carbons (Fsp3) is 0.452. The number of aromatic nitrogens is 8. The van der Waals surface area contributed by atoms with E-state index >= 15 is 0 Å². The van der Waals surface area contributed by atoms with Crippen molar-refractivity contribution in [2.24, 2.45) is 0 Å². The van der Waals surface area contributed by atoms with Crippen LogP contribution in [0.15, 0.2) is 36.4 Å². The molecule has 81 heavy (non-hydrogen) atoms. The molecule has 6 aromatic heterocycles. The molecular formula is C73H92N8. The van der Waals surface area contributed by atoms with Crippen molar-refractivity contribution >= 4 is 88.7 Å². The molecule has 4 aliphatic rings. The Balaban J connectivity index is 1.46. The van der Waals surface area contributed by atoms with Crippen molar-refractivity contribution in [2.45, 2.75) is 220 Å². The van der Waals surface area contributed by atoms with E-state index in [9.17, 15) is 0 Å². The zero-order chi connectivity index (χ0) is 57.6. The number of nitrogens with one attached hydrogen (secondary N) is 4. The van der Waals surface area contributed by atoms with Gasteiger partial charge in [0.25, 0.3) is 0 Å². The van der Waals surface area contributed by atoms with Gasteiger partial charge in [-0.15, -0.1) is 0 Å². The number of hydrogen-bond acceptors (Lipinski definition) is 4. The maximum absolute atomic E-state index is 5.99. The van der Waals surface area contributed by atoms with Crippen LogP contribution in [-0.4, -0.2) is 39.9 Å². The highest BCUT2D eigenvalue weighted by Gasteiger charge is 2.33. The lowest BCUT2D eigenvalue weighted by atomic mass is 9.87. The SMILES string of the molecule is CCC1=C(CC)c2nc1cc1[nH]c(cc3[nH]c(cc4nc(c2Cc2c5nc(cc6[nH]c(cc7[nH]c(cc8nc2C(CC)=C8CC)c(CC)c7CC)c(CC)c6CC)C(CC)=C5CC)C(CC)=C4CC)c(CC)c3CC)c(CC)c1CC. The third kappa shape index (κ3) is 9.54. The molecule has 0 spiro atoms. The molecule has 0 fully saturated rings. The Morgan fingerprint density at radius 3 is 0.543 bits per heavy atom. The fourth-order valence-corrected chi connectivity index (χ4v) is 15.1. The van der Waals surface area contributed by atoms with Crippen molar-refractivity contribution in [2.75, 3.05) is 0 Å². The van der Waals surface area contributed by atoms with Crippen molar-refractivity contribution in [1.82, 2.24) is 39.9 Å². The number of nitrogens with zero attached hydrogens (tertiary/aromatic N) is 4. The van der Waals surface area contributed by atoms with Gasteiger partial charge in [-0.2, -0.15) is 0 Å². The summed E-state index contributed by atoms with van der Waals surface area (Å²) in [5, 5.41) is 0. The second-order valence-electron chi connectivity index (χ2n) is 22.5. The molecule has 0 aromatic carbocycles. The van der Waals surface area contributed by atoms with Crippen LogP contribution in [0.5, 0.6) is 0 Å². The summed E-state index contributed by atoms with van der Waals surface area (Å²) < 4.78 is 0. The van der Waals surface area contributed by atoms with Gasteiger partial charge in [0.15, 0.2) is 0 Å². The van der Waals surface area contributed by atoms with Gasteiger partial charge in [-0.1, -0.05) is 111 Å². The predicted molar refractivity (Wildman–Crippen MR) is 349 cm³/mol. The van der Waals surface area contributed by atoms with Crippen molar-refractivity contribution < 1.29 is 0 Å². The van der Waals surface area contributed by atoms with Crippen LogP contribution >= 0.6 is 0 Å². The molecule has 0 amide bonds. The van der Waals surface area contributed by atoms with Crippen LogP contribution in [0.3, 0.4) is 0 Å². The number of hydrogen-bond donors (Lipinski definition) is 4. The topological polar surface area (TPSA) is 115 Å². The largest absolute Gasteiger partial charge is 0.355 e. The Hall–Kier alpha value is -6.80. The standard InChI is InChI=1S/C73H92N8/c1-17-40-44(21-5)62-36-66-48(25-9)52(29-13)70(78-66)56(71-53(30-14)49(26-10)67(79-71)37-63-45(22-6)41(18-2)59(75-63)34-58(40)74-62)33-57-72-54(31-15)50(27-11)68(80-72)38-64-46(23-7)42(19-3)60(76-64)35-61-43(20-4)47(24-8)65(77-61)39-69-51(28-12)55(32-16)73(57)81-69/h34-39,74-77H,17-33H2,1-16H3. The van der Waals surface area contributed by atoms with Gasteiger partial charge in [-0.25, -0.2) is 19.9 Å². The number of aromatic amines is 4. The summed E-state index contributed by atoms with van der Waals surface area (Å²) in [6.07, 6.45) is 14.9. The van der Waals surface area contributed by atoms with Crippen LogP contribution in [0, 0.1) is 0 Å². The van der Waals surface area contributed by atoms with Gasteiger partial charge in [-0.05, 0) is 228 Å². The minimum Gasteiger partial charge on any atom is -0.355 e. The number of rotatable bonds is 18. The van der Waals surface area contributed by atoms with Crippen molar-refractivity contribution in [3.63, 3.8) is 0 Å². The van der Waals surface area contributed by atoms with Gasteiger partial charge in [0.05, 0.1) is 45.6 Å². The zero-order valence-corrected chi connectivity index (χ0v) is 52.3. The number of H-pyrrole nitrogens is 4. The van der Waals surface area contributed by atoms with Gasteiger partial charge in [-0.3, -0.25) is 0 Å². The molecule has 0 unspecified atom stereocenters. The van der Waals surface area contributed by atoms with E-state index in [2.05, 4.69) is 167 Å². The summed E-state index contributed by atoms with van der Waals surface area (Å²) in [4.78, 5) is 40.0. The average molecular weight is 1080 g/mol. The molecule has 0 saturated carbocycles. The Kier molecular flexibility index (Phi) is 17.0. The third-order valence-corrected chi connectivity index (χ3v) is 18.8. The molecule has 0 saturated heterocycles. The minimum absolute atomic E-state index is 0.571. The predicted octanol–water partition coefficient (Wildman–Crippen LogP) is 20.0. The second kappa shape index (κ2) is 24.0. The summed E-state index contributed by atoms with van der Waals surface area (Å²) >= 11 is 0. The summed E-state index contributed by atoms with van der Waals surface area (Å²) in [6.45, 7) is 37.0. The third-order valence-electron chi connectivity index (χ3n) is 18.8. The molecular weight excluding hydrogens is 989 g/mol. The van der Waals surface area contributed by atoms with Gasteiger partial charge in [0, 0.05) is 61.7 Å². The monoisotopic (exact) mass is 1080 g/mol. The summed E-state index contributed by atoms with van der Waals surface area (Å²) in [5.41, 5.74) is 41.8. The molecule has 0 atom stereocenters. The molecule has 0 aliphatic carbocycles. The summed E-state index contributed by atoms with van der Waals surface area (Å²) in [7, 11) is 0. The van der Waals surface area contributed by atoms with E-state index in [0.29, 0.717) is 6.42 Å². The average Bonchev–Trinajstić information content (AvgIpc) is 4.41. The maximum Gasteiger partial charge on any atom is 0.0729 e. The molecule has 8 nitrogen and oxygen atoms in total. The van der Waals surface area contributed by atoms with Crippen molar-refractivity contribution in [1.29, 1.82) is 0 Å². The number of aryl methyl sites for hydroxylation is 8. The maximum atomic E-state index is 5.99. The second-order valence-corrected chi connectivity index (χ2v) is 22.5. The normalized spacial score (nSPS) is 13.8. The first-order valence-corrected chi connectivity index (χ1v) is 31.9. The lowest BCUT2D eigenvalue weighted by molar-refractivity contribution is 1.03. The molecule has 10 rings (SSSR count). The summed E-state index contributed by atoms with van der Waals surface area (Å²) in [6, 6.07) is 14.3. The van der Waals surface area contributed by atoms with E-state index < -0.39 is 0 Å². The lowest BCUT2D eigenvalue weighted by Crippen LogP contribution is -2.06. The molecule has 4 aliphatic heterocycles. The number of fused-ring (bicyclic) bond motifs is 16. The van der Waals surface area contributed by atoms with Gasteiger partial charge in [0.2, 0.25) is 0 Å². The fourth-order valence-electron chi connectivity index (χ4n) is 15.1. The van der Waals surface area contributed by atoms with E-state index in [1.807, 2.05) is 0 Å². The van der Waals surface area contributed by atoms with Crippen LogP contribution < -0.4 is 0 Å². The Bertz CT molecular complexity index is 3470. The molecule has 4 N–H and O–H groups in total. The van der Waals surface area contributed by atoms with Crippen molar-refractivity contribution in [3.05, 3.63) is 138 Å². The first-order valence-electron chi connectivity index (χ1n) is 31.9. The molecule has 16 bridgehead atoms. The van der Waals surface area contributed by atoms with E-state index in [1.54, 1.807) is 0 Å². The Labute approximate surface area is 483 Å². The Morgan fingerprint density at radius 2 is 0.383 bits per heavy atom. The zero-order valence-electron chi connectivity index (χ0n) is 52.3. The van der Waals surface area contributed by atoms with Gasteiger partial charge in [0.1, 0.15) is 0 Å². The smallest absolute Gasteiger partial charge is 0.0729 e. The molecule has 10 heterocycles. The van der Waals surface area contributed by atoms with Crippen molar-refractivity contribution in [3.8, 4) is 0 Å². The highest BCUT2D eigenvalue weighted by atomic mass is 14.8. The van der Waals surface area contributed by atoms with E-state index in [4.69, 9.17) is 19.9 Å². The molecule has 6 aromatic rings.